The predicted molar refractivity (Wildman–Crippen MR) is 132 cm³/mol. The van der Waals surface area contributed by atoms with E-state index in [0.717, 1.165) is 17.7 Å². The number of carbonyl (C=O) groups is 4. The van der Waals surface area contributed by atoms with Crippen molar-refractivity contribution < 1.29 is 37.1 Å². The van der Waals surface area contributed by atoms with E-state index < -0.39 is 24.1 Å². The molecule has 0 radical (unpaired) electrons. The van der Waals surface area contributed by atoms with Crippen LogP contribution in [0.5, 0.6) is 5.75 Å². The smallest absolute Gasteiger partial charge is 0.406 e. The molecular formula is C27H29F3N4O5. The van der Waals surface area contributed by atoms with E-state index in [1.165, 1.54) is 12.1 Å². The van der Waals surface area contributed by atoms with Crippen molar-refractivity contribution >= 4 is 23.5 Å². The summed E-state index contributed by atoms with van der Waals surface area (Å²) in [5, 5.41) is 2.69. The van der Waals surface area contributed by atoms with Gasteiger partial charge in [0.05, 0.1) is 19.0 Å². The third kappa shape index (κ3) is 7.12. The molecule has 2 aliphatic rings. The number of hydrogen-bond acceptors (Lipinski definition) is 6. The number of fused-ring (bicyclic) bond motifs is 1. The minimum absolute atomic E-state index is 0.0108. The van der Waals surface area contributed by atoms with Crippen LogP contribution in [0.4, 0.5) is 13.2 Å². The van der Waals surface area contributed by atoms with Crippen LogP contribution in [0.15, 0.2) is 48.8 Å². The highest BCUT2D eigenvalue weighted by Crippen LogP contribution is 2.31. The zero-order valence-corrected chi connectivity index (χ0v) is 21.3. The van der Waals surface area contributed by atoms with Gasteiger partial charge in [0, 0.05) is 37.5 Å². The zero-order chi connectivity index (χ0) is 28.2. The number of carbonyl (C=O) groups excluding carboxylic acids is 4. The minimum atomic E-state index is -4.81. The first-order valence-corrected chi connectivity index (χ1v) is 12.7. The Morgan fingerprint density at radius 1 is 1.13 bits per heavy atom. The van der Waals surface area contributed by atoms with Crippen LogP contribution in [0.25, 0.3) is 0 Å². The minimum Gasteiger partial charge on any atom is -0.406 e. The molecule has 0 bridgehead atoms. The molecule has 2 aliphatic heterocycles. The summed E-state index contributed by atoms with van der Waals surface area (Å²) in [6.07, 6.45) is -0.222. The molecule has 0 spiro atoms. The third-order valence-electron chi connectivity index (χ3n) is 6.94. The van der Waals surface area contributed by atoms with E-state index in [0.29, 0.717) is 19.4 Å². The van der Waals surface area contributed by atoms with Gasteiger partial charge in [0.1, 0.15) is 11.8 Å². The molecule has 0 aliphatic carbocycles. The maximum Gasteiger partial charge on any atom is 0.573 e. The quantitative estimate of drug-likeness (QED) is 0.518. The van der Waals surface area contributed by atoms with E-state index in [1.54, 1.807) is 34.3 Å². The summed E-state index contributed by atoms with van der Waals surface area (Å²) in [5.41, 5.74) is 0.941. The Balaban J connectivity index is 1.23. The van der Waals surface area contributed by atoms with Gasteiger partial charge in [-0.25, -0.2) is 0 Å². The molecule has 9 nitrogen and oxygen atoms in total. The number of nitrogens with one attached hydrogen (secondary N) is 1. The molecular weight excluding hydrogens is 517 g/mol. The van der Waals surface area contributed by atoms with Crippen LogP contribution in [0.2, 0.25) is 0 Å². The van der Waals surface area contributed by atoms with Gasteiger partial charge in [-0.3, -0.25) is 24.2 Å². The van der Waals surface area contributed by atoms with E-state index in [9.17, 15) is 32.3 Å². The summed E-state index contributed by atoms with van der Waals surface area (Å²) in [7, 11) is 0. The molecule has 1 aromatic heterocycles. The molecule has 3 unspecified atom stereocenters. The average Bonchev–Trinajstić information content (AvgIpc) is 3.45. The van der Waals surface area contributed by atoms with Crippen LogP contribution in [0.1, 0.15) is 42.1 Å². The number of ketones is 1. The van der Waals surface area contributed by atoms with Gasteiger partial charge in [0.15, 0.2) is 5.78 Å². The van der Waals surface area contributed by atoms with Gasteiger partial charge in [0.25, 0.3) is 5.91 Å². The number of Topliss-reactive ketones (excluding diaryl/α,β-unsaturated/α-hetero) is 1. The molecule has 3 heterocycles. The van der Waals surface area contributed by atoms with Gasteiger partial charge < -0.3 is 19.9 Å². The molecule has 1 aromatic carbocycles. The van der Waals surface area contributed by atoms with Gasteiger partial charge in [-0.05, 0) is 54.7 Å². The number of nitrogens with zero attached hydrogens (tertiary/aromatic N) is 3. The molecule has 3 amide bonds. The summed E-state index contributed by atoms with van der Waals surface area (Å²) in [5.74, 6) is -1.45. The number of rotatable bonds is 9. The number of likely N-dealkylation sites (tertiary alicyclic amines) is 2. The molecule has 3 atom stereocenters. The Bertz CT molecular complexity index is 1210. The Labute approximate surface area is 223 Å². The molecule has 39 heavy (non-hydrogen) atoms. The maximum absolute atomic E-state index is 13.0. The molecule has 208 valence electrons. The number of halogens is 3. The summed E-state index contributed by atoms with van der Waals surface area (Å²) < 4.78 is 40.6. The number of alkyl halides is 3. The topological polar surface area (TPSA) is 109 Å². The van der Waals surface area contributed by atoms with Crippen LogP contribution in [0, 0.1) is 5.92 Å². The summed E-state index contributed by atoms with van der Waals surface area (Å²) in [6.45, 7) is 2.51. The van der Waals surface area contributed by atoms with E-state index in [1.807, 2.05) is 6.92 Å². The first kappa shape index (κ1) is 28.1. The molecule has 2 aromatic rings. The van der Waals surface area contributed by atoms with Crippen LogP contribution in [0.3, 0.4) is 0 Å². The second-order valence-corrected chi connectivity index (χ2v) is 9.84. The van der Waals surface area contributed by atoms with Gasteiger partial charge in [-0.2, -0.15) is 0 Å². The van der Waals surface area contributed by atoms with Gasteiger partial charge in [-0.15, -0.1) is 13.2 Å². The van der Waals surface area contributed by atoms with Crippen LogP contribution >= 0.6 is 0 Å². The fourth-order valence-electron chi connectivity index (χ4n) is 5.06. The van der Waals surface area contributed by atoms with Crippen molar-refractivity contribution in [3.8, 4) is 5.75 Å². The highest BCUT2D eigenvalue weighted by atomic mass is 19.4. The Morgan fingerprint density at radius 2 is 1.87 bits per heavy atom. The lowest BCUT2D eigenvalue weighted by atomic mass is 10.0. The van der Waals surface area contributed by atoms with Crippen molar-refractivity contribution in [1.29, 1.82) is 0 Å². The second-order valence-electron chi connectivity index (χ2n) is 9.84. The molecule has 4 rings (SSSR count). The lowest BCUT2D eigenvalue weighted by Crippen LogP contribution is -2.44. The number of ether oxygens (including phenoxy) is 1. The van der Waals surface area contributed by atoms with E-state index in [4.69, 9.17) is 0 Å². The van der Waals surface area contributed by atoms with E-state index >= 15 is 0 Å². The first-order chi connectivity index (χ1) is 18.5. The fourth-order valence-corrected chi connectivity index (χ4v) is 5.06. The van der Waals surface area contributed by atoms with Crippen LogP contribution < -0.4 is 10.1 Å². The molecule has 12 heteroatoms. The van der Waals surface area contributed by atoms with Crippen LogP contribution in [-0.2, 0) is 20.8 Å². The third-order valence-corrected chi connectivity index (χ3v) is 6.94. The lowest BCUT2D eigenvalue weighted by Gasteiger charge is -2.25. The number of amides is 3. The summed E-state index contributed by atoms with van der Waals surface area (Å²) in [6, 6.07) is 7.18. The molecule has 0 saturated carbocycles. The predicted octanol–water partition coefficient (Wildman–Crippen LogP) is 2.75. The summed E-state index contributed by atoms with van der Waals surface area (Å²) >= 11 is 0. The van der Waals surface area contributed by atoms with Crippen molar-refractivity contribution in [2.75, 3.05) is 19.6 Å². The van der Waals surface area contributed by atoms with Crippen molar-refractivity contribution in [2.24, 2.45) is 5.92 Å². The van der Waals surface area contributed by atoms with E-state index in [2.05, 4.69) is 15.0 Å². The normalized spacial score (nSPS) is 19.5. The lowest BCUT2D eigenvalue weighted by molar-refractivity contribution is -0.274. The fraction of sp³-hybridized carbons (Fsp3) is 0.444. The van der Waals surface area contributed by atoms with Gasteiger partial charge in [-0.1, -0.05) is 13.0 Å². The number of pyridine rings is 1. The van der Waals surface area contributed by atoms with Crippen molar-refractivity contribution in [3.05, 3.63) is 59.9 Å². The highest BCUT2D eigenvalue weighted by Gasteiger charge is 2.51. The SMILES string of the molecule is CC(CCNC(=O)c1ccc(OC(F)(F)F)cc1)CC(=O)N1CCC2C1C(=O)CN2C(=O)Cc1cccnc1. The zero-order valence-electron chi connectivity index (χ0n) is 21.3. The number of hydrogen-bond donors (Lipinski definition) is 1. The highest BCUT2D eigenvalue weighted by molar-refractivity contribution is 5.98. The van der Waals surface area contributed by atoms with Crippen molar-refractivity contribution in [2.45, 2.75) is 51.1 Å². The maximum atomic E-state index is 13.0. The van der Waals surface area contributed by atoms with E-state index in [-0.39, 0.29) is 61.1 Å². The molecule has 1 N–H and O–H groups in total. The number of benzene rings is 1. The van der Waals surface area contributed by atoms with Gasteiger partial charge in [0.2, 0.25) is 11.8 Å². The van der Waals surface area contributed by atoms with Crippen molar-refractivity contribution in [1.82, 2.24) is 20.1 Å². The standard InChI is InChI=1S/C27H29F3N4O5/c1-17(8-11-32-26(38)19-4-6-20(7-5-19)39-27(28,29)30)13-23(36)33-12-9-21-25(33)22(35)16-34(21)24(37)14-18-3-2-10-31-15-18/h2-7,10,15,17,21,25H,8-9,11-14,16H2,1H3,(H,32,38). The monoisotopic (exact) mass is 546 g/mol. The largest absolute Gasteiger partial charge is 0.573 e. The molecule has 2 fully saturated rings. The Hall–Kier alpha value is -3.96. The van der Waals surface area contributed by atoms with Crippen molar-refractivity contribution in [3.63, 3.8) is 0 Å². The Morgan fingerprint density at radius 3 is 2.54 bits per heavy atom. The van der Waals surface area contributed by atoms with Gasteiger partial charge >= 0.3 is 6.36 Å². The average molecular weight is 547 g/mol. The first-order valence-electron chi connectivity index (χ1n) is 12.7. The Kier molecular flexibility index (Phi) is 8.51. The second kappa shape index (κ2) is 11.8. The molecule has 2 saturated heterocycles. The number of aromatic nitrogens is 1. The summed E-state index contributed by atoms with van der Waals surface area (Å²) in [4.78, 5) is 58.1. The van der Waals surface area contributed by atoms with Crippen LogP contribution in [-0.4, -0.2) is 76.4 Å².